The molecule has 1 aliphatic heterocycles. The van der Waals surface area contributed by atoms with Crippen LogP contribution >= 0.6 is 0 Å². The van der Waals surface area contributed by atoms with Crippen LogP contribution in [0.3, 0.4) is 0 Å². The molecule has 0 bridgehead atoms. The summed E-state index contributed by atoms with van der Waals surface area (Å²) >= 11 is 0. The number of nitrogens with zero attached hydrogens (tertiary/aromatic N) is 3. The van der Waals surface area contributed by atoms with E-state index in [9.17, 15) is 0 Å². The van der Waals surface area contributed by atoms with Crippen molar-refractivity contribution in [1.29, 1.82) is 0 Å². The van der Waals surface area contributed by atoms with Crippen LogP contribution in [0.5, 0.6) is 0 Å². The van der Waals surface area contributed by atoms with Crippen LogP contribution < -0.4 is 10.4 Å². The zero-order chi connectivity index (χ0) is 30.4. The first-order valence-electron chi connectivity index (χ1n) is 15.4. The molecule has 0 spiro atoms. The van der Waals surface area contributed by atoms with Crippen LogP contribution in [-0.4, -0.2) is 23.0 Å². The maximum Gasteiger partial charge on any atom is 0.164 e. The van der Waals surface area contributed by atoms with E-state index in [2.05, 4.69) is 153 Å². The lowest BCUT2D eigenvalue weighted by Crippen LogP contribution is -2.49. The van der Waals surface area contributed by atoms with Crippen molar-refractivity contribution in [1.82, 2.24) is 15.0 Å². The SMILES string of the molecule is C[Si]1(C)c2ccccc2-c2c(-c3nc(-c4ccc(-c5ccccc5)cc4)nc(-c4cccc(-c5ccccc5)c4)n3)cccc21. The third-order valence-corrected chi connectivity index (χ3v) is 12.5. The van der Waals surface area contributed by atoms with E-state index in [1.807, 2.05) is 12.1 Å². The Labute approximate surface area is 265 Å². The Morgan fingerprint density at radius 2 is 0.822 bits per heavy atom. The Bertz CT molecular complexity index is 2170. The van der Waals surface area contributed by atoms with Crippen LogP contribution in [0.15, 0.2) is 152 Å². The average molecular weight is 594 g/mol. The molecule has 0 amide bonds. The molecule has 8 rings (SSSR count). The van der Waals surface area contributed by atoms with Gasteiger partial charge >= 0.3 is 0 Å². The number of benzene rings is 6. The molecule has 0 radical (unpaired) electrons. The summed E-state index contributed by atoms with van der Waals surface area (Å²) in [4.78, 5) is 15.5. The van der Waals surface area contributed by atoms with E-state index in [4.69, 9.17) is 15.0 Å². The molecule has 1 aliphatic rings. The smallest absolute Gasteiger partial charge is 0.164 e. The summed E-state index contributed by atoms with van der Waals surface area (Å²) in [6.07, 6.45) is 0. The van der Waals surface area contributed by atoms with E-state index >= 15 is 0 Å². The first-order valence-corrected chi connectivity index (χ1v) is 18.4. The fraction of sp³-hybridized carbons (Fsp3) is 0.0488. The average Bonchev–Trinajstić information content (AvgIpc) is 3.35. The molecular weight excluding hydrogens is 563 g/mol. The first-order chi connectivity index (χ1) is 22.1. The monoisotopic (exact) mass is 593 g/mol. The highest BCUT2D eigenvalue weighted by Gasteiger charge is 2.38. The van der Waals surface area contributed by atoms with E-state index in [1.54, 1.807) is 0 Å². The number of rotatable bonds is 5. The van der Waals surface area contributed by atoms with Crippen molar-refractivity contribution in [2.75, 3.05) is 0 Å². The van der Waals surface area contributed by atoms with Crippen LogP contribution in [0.1, 0.15) is 0 Å². The highest BCUT2D eigenvalue weighted by molar-refractivity contribution is 7.04. The van der Waals surface area contributed by atoms with Gasteiger partial charge in [0, 0.05) is 16.7 Å². The van der Waals surface area contributed by atoms with Crippen molar-refractivity contribution in [2.24, 2.45) is 0 Å². The van der Waals surface area contributed by atoms with Crippen molar-refractivity contribution in [3.05, 3.63) is 152 Å². The van der Waals surface area contributed by atoms with Gasteiger partial charge < -0.3 is 0 Å². The molecule has 0 aliphatic carbocycles. The molecule has 4 heteroatoms. The number of hydrogen-bond donors (Lipinski definition) is 0. The van der Waals surface area contributed by atoms with Crippen molar-refractivity contribution in [3.8, 4) is 67.5 Å². The Morgan fingerprint density at radius 3 is 1.56 bits per heavy atom. The van der Waals surface area contributed by atoms with E-state index in [0.29, 0.717) is 17.5 Å². The summed E-state index contributed by atoms with van der Waals surface area (Å²) < 4.78 is 0. The summed E-state index contributed by atoms with van der Waals surface area (Å²) in [6.45, 7) is 4.88. The van der Waals surface area contributed by atoms with Gasteiger partial charge in [0.1, 0.15) is 8.07 Å². The standard InChI is InChI=1S/C41H31N3Si/c1-45(2)36-21-10-9-19-34(36)38-35(20-12-22-37(38)45)41-43-39(31-25-23-30(24-26-31)28-13-5-3-6-14-28)42-40(44-41)33-18-11-17-32(27-33)29-15-7-4-8-16-29/h3-27H,1-2H3. The Balaban J connectivity index is 1.32. The molecule has 45 heavy (non-hydrogen) atoms. The van der Waals surface area contributed by atoms with E-state index < -0.39 is 8.07 Å². The lowest BCUT2D eigenvalue weighted by atomic mass is 9.99. The molecule has 0 saturated carbocycles. The van der Waals surface area contributed by atoms with Crippen LogP contribution in [0, 0.1) is 0 Å². The highest BCUT2D eigenvalue weighted by Crippen LogP contribution is 2.37. The highest BCUT2D eigenvalue weighted by atomic mass is 28.3. The largest absolute Gasteiger partial charge is 0.208 e. The van der Waals surface area contributed by atoms with Gasteiger partial charge in [0.2, 0.25) is 0 Å². The minimum atomic E-state index is -1.86. The number of hydrogen-bond acceptors (Lipinski definition) is 3. The van der Waals surface area contributed by atoms with E-state index in [-0.39, 0.29) is 0 Å². The second-order valence-electron chi connectivity index (χ2n) is 12.1. The van der Waals surface area contributed by atoms with Gasteiger partial charge in [-0.2, -0.15) is 0 Å². The Morgan fingerprint density at radius 1 is 0.356 bits per heavy atom. The summed E-state index contributed by atoms with van der Waals surface area (Å²) in [5.74, 6) is 2.03. The molecule has 0 unspecified atom stereocenters. The van der Waals surface area contributed by atoms with Gasteiger partial charge in [-0.05, 0) is 49.8 Å². The Hall–Kier alpha value is -5.45. The maximum absolute atomic E-state index is 5.19. The number of fused-ring (bicyclic) bond motifs is 3. The lowest BCUT2D eigenvalue weighted by Gasteiger charge is -2.18. The quantitative estimate of drug-likeness (QED) is 0.187. The molecule has 3 nitrogen and oxygen atoms in total. The zero-order valence-electron chi connectivity index (χ0n) is 25.3. The normalized spacial score (nSPS) is 12.8. The molecule has 7 aromatic rings. The third-order valence-electron chi connectivity index (χ3n) is 8.96. The van der Waals surface area contributed by atoms with Crippen molar-refractivity contribution in [2.45, 2.75) is 13.1 Å². The fourth-order valence-electron chi connectivity index (χ4n) is 6.61. The molecule has 214 valence electrons. The molecule has 2 heterocycles. The fourth-order valence-corrected chi connectivity index (χ4v) is 9.70. The predicted octanol–water partition coefficient (Wildman–Crippen LogP) is 9.01. The van der Waals surface area contributed by atoms with Crippen molar-refractivity contribution >= 4 is 18.4 Å². The molecule has 0 atom stereocenters. The molecule has 0 N–H and O–H groups in total. The summed E-state index contributed by atoms with van der Waals surface area (Å²) in [5.41, 5.74) is 10.2. The minimum Gasteiger partial charge on any atom is -0.208 e. The Kier molecular flexibility index (Phi) is 6.58. The first kappa shape index (κ1) is 27.1. The third kappa shape index (κ3) is 4.80. The second kappa shape index (κ2) is 10.9. The maximum atomic E-state index is 5.19. The van der Waals surface area contributed by atoms with Crippen molar-refractivity contribution in [3.63, 3.8) is 0 Å². The van der Waals surface area contributed by atoms with Gasteiger partial charge in [-0.3, -0.25) is 0 Å². The molecule has 0 fully saturated rings. The molecular formula is C41H31N3Si. The van der Waals surface area contributed by atoms with Crippen LogP contribution in [0.4, 0.5) is 0 Å². The van der Waals surface area contributed by atoms with Gasteiger partial charge in [0.05, 0.1) is 0 Å². The van der Waals surface area contributed by atoms with Crippen LogP contribution in [-0.2, 0) is 0 Å². The summed E-state index contributed by atoms with van der Waals surface area (Å²) in [7, 11) is -1.86. The topological polar surface area (TPSA) is 38.7 Å². The van der Waals surface area contributed by atoms with Crippen LogP contribution in [0.2, 0.25) is 13.1 Å². The van der Waals surface area contributed by atoms with Gasteiger partial charge in [-0.1, -0.05) is 159 Å². The zero-order valence-corrected chi connectivity index (χ0v) is 26.3. The van der Waals surface area contributed by atoms with Gasteiger partial charge in [-0.25, -0.2) is 15.0 Å². The van der Waals surface area contributed by atoms with Crippen LogP contribution in [0.25, 0.3) is 67.5 Å². The summed E-state index contributed by atoms with van der Waals surface area (Å²) in [6, 6.07) is 53.4. The van der Waals surface area contributed by atoms with Gasteiger partial charge in [-0.15, -0.1) is 0 Å². The summed E-state index contributed by atoms with van der Waals surface area (Å²) in [5, 5.41) is 2.90. The van der Waals surface area contributed by atoms with Crippen molar-refractivity contribution < 1.29 is 0 Å². The molecule has 1 aromatic heterocycles. The van der Waals surface area contributed by atoms with E-state index in [1.165, 1.54) is 27.1 Å². The predicted molar refractivity (Wildman–Crippen MR) is 189 cm³/mol. The van der Waals surface area contributed by atoms with Gasteiger partial charge in [0.15, 0.2) is 17.5 Å². The van der Waals surface area contributed by atoms with E-state index in [0.717, 1.165) is 33.4 Å². The number of aromatic nitrogens is 3. The molecule has 0 saturated heterocycles. The lowest BCUT2D eigenvalue weighted by molar-refractivity contribution is 1.07. The second-order valence-corrected chi connectivity index (χ2v) is 16.4. The molecule has 6 aromatic carbocycles. The minimum absolute atomic E-state index is 0.667. The van der Waals surface area contributed by atoms with Gasteiger partial charge in [0.25, 0.3) is 0 Å².